The van der Waals surface area contributed by atoms with E-state index in [1.807, 2.05) is 30.9 Å². The molecule has 146 valence electrons. The number of hydrogen-bond acceptors (Lipinski definition) is 3. The number of nitrogens with zero attached hydrogens (tertiary/aromatic N) is 3. The van der Waals surface area contributed by atoms with Gasteiger partial charge < -0.3 is 0 Å². The van der Waals surface area contributed by atoms with Gasteiger partial charge in [-0.2, -0.15) is 10.2 Å². The van der Waals surface area contributed by atoms with E-state index in [0.717, 1.165) is 37.8 Å². The first kappa shape index (κ1) is 20.9. The standard InChI is InChI=1S/C21H33F2N3/c1-5-7-8-9-16(3)24-25-17(4)26(12-6-2)20-13-19(18-10-11-18)14-21(22,23)15-20/h5-6,9,17-20H,1-2,7-8,10-15H2,3-4H3/b16-9-,25-24?. The van der Waals surface area contributed by atoms with Crippen LogP contribution in [0.5, 0.6) is 0 Å². The lowest BCUT2D eigenvalue weighted by Gasteiger charge is -2.42. The van der Waals surface area contributed by atoms with Crippen LogP contribution in [-0.2, 0) is 0 Å². The minimum atomic E-state index is -2.58. The van der Waals surface area contributed by atoms with E-state index in [9.17, 15) is 8.78 Å². The molecular weight excluding hydrogens is 332 g/mol. The van der Waals surface area contributed by atoms with E-state index in [-0.39, 0.29) is 31.0 Å². The number of rotatable bonds is 10. The maximum absolute atomic E-state index is 14.3. The van der Waals surface area contributed by atoms with E-state index in [2.05, 4.69) is 23.4 Å². The van der Waals surface area contributed by atoms with Gasteiger partial charge >= 0.3 is 0 Å². The number of azo groups is 1. The molecule has 2 aliphatic carbocycles. The van der Waals surface area contributed by atoms with Crippen LogP contribution in [0.25, 0.3) is 0 Å². The Kier molecular flexibility index (Phi) is 7.69. The summed E-state index contributed by atoms with van der Waals surface area (Å²) in [5.74, 6) is -1.94. The second kappa shape index (κ2) is 9.54. The van der Waals surface area contributed by atoms with E-state index in [0.29, 0.717) is 12.5 Å². The zero-order valence-electron chi connectivity index (χ0n) is 16.2. The Bertz CT molecular complexity index is 537. The molecule has 0 N–H and O–H groups in total. The van der Waals surface area contributed by atoms with Crippen LogP contribution in [0.1, 0.15) is 58.8 Å². The highest BCUT2D eigenvalue weighted by atomic mass is 19.3. The molecule has 0 radical (unpaired) electrons. The third-order valence-electron chi connectivity index (χ3n) is 5.44. The molecule has 3 unspecified atom stereocenters. The van der Waals surface area contributed by atoms with E-state index in [1.165, 1.54) is 0 Å². The lowest BCUT2D eigenvalue weighted by molar-refractivity contribution is -0.0891. The number of unbranched alkanes of at least 4 members (excludes halogenated alkanes) is 1. The molecule has 0 aromatic rings. The summed E-state index contributed by atoms with van der Waals surface area (Å²) in [6, 6.07) is -0.165. The molecule has 0 amide bonds. The van der Waals surface area contributed by atoms with Gasteiger partial charge in [0.1, 0.15) is 6.17 Å². The van der Waals surface area contributed by atoms with Crippen molar-refractivity contribution in [1.29, 1.82) is 0 Å². The average molecular weight is 366 g/mol. The van der Waals surface area contributed by atoms with Crippen molar-refractivity contribution in [2.24, 2.45) is 22.1 Å². The summed E-state index contributed by atoms with van der Waals surface area (Å²) in [4.78, 5) is 2.04. The molecule has 2 saturated carbocycles. The van der Waals surface area contributed by atoms with Gasteiger partial charge in [-0.15, -0.1) is 13.2 Å². The van der Waals surface area contributed by atoms with Crippen molar-refractivity contribution >= 4 is 0 Å². The fourth-order valence-electron chi connectivity index (χ4n) is 3.95. The molecule has 0 aromatic carbocycles. The Morgan fingerprint density at radius 3 is 2.54 bits per heavy atom. The van der Waals surface area contributed by atoms with Crippen molar-refractivity contribution in [3.63, 3.8) is 0 Å². The fourth-order valence-corrected chi connectivity index (χ4v) is 3.95. The molecule has 0 heterocycles. The van der Waals surface area contributed by atoms with E-state index < -0.39 is 5.92 Å². The summed E-state index contributed by atoms with van der Waals surface area (Å²) < 4.78 is 28.6. The SMILES string of the molecule is C=CCC/C=C(/C)N=NC(C)N(CC=C)C1CC(C2CC2)CC(F)(F)C1. The van der Waals surface area contributed by atoms with Gasteiger partial charge in [0.15, 0.2) is 0 Å². The van der Waals surface area contributed by atoms with Crippen LogP contribution >= 0.6 is 0 Å². The van der Waals surface area contributed by atoms with E-state index in [1.54, 1.807) is 6.08 Å². The minimum absolute atomic E-state index is 0.0527. The smallest absolute Gasteiger partial charge is 0.249 e. The topological polar surface area (TPSA) is 28.0 Å². The Morgan fingerprint density at radius 2 is 1.92 bits per heavy atom. The normalized spacial score (nSPS) is 27.7. The molecule has 0 aliphatic heterocycles. The number of alkyl halides is 2. The summed E-state index contributed by atoms with van der Waals surface area (Å²) >= 11 is 0. The number of allylic oxidation sites excluding steroid dienone is 3. The van der Waals surface area contributed by atoms with Gasteiger partial charge in [-0.25, -0.2) is 8.78 Å². The predicted molar refractivity (Wildman–Crippen MR) is 103 cm³/mol. The third-order valence-corrected chi connectivity index (χ3v) is 5.44. The molecule has 5 heteroatoms. The van der Waals surface area contributed by atoms with Crippen molar-refractivity contribution < 1.29 is 8.78 Å². The molecule has 2 aliphatic rings. The van der Waals surface area contributed by atoms with Crippen molar-refractivity contribution in [3.8, 4) is 0 Å². The molecule has 0 saturated heterocycles. The van der Waals surface area contributed by atoms with E-state index in [4.69, 9.17) is 0 Å². The molecule has 0 bridgehead atoms. The molecule has 2 rings (SSSR count). The highest BCUT2D eigenvalue weighted by Gasteiger charge is 2.47. The first-order valence-corrected chi connectivity index (χ1v) is 9.79. The van der Waals surface area contributed by atoms with Gasteiger partial charge in [-0.05, 0) is 57.8 Å². The second-order valence-electron chi connectivity index (χ2n) is 7.80. The van der Waals surface area contributed by atoms with Gasteiger partial charge in [0.05, 0.1) is 5.70 Å². The Morgan fingerprint density at radius 1 is 1.19 bits per heavy atom. The zero-order valence-corrected chi connectivity index (χ0v) is 16.2. The molecule has 26 heavy (non-hydrogen) atoms. The maximum atomic E-state index is 14.3. The van der Waals surface area contributed by atoms with Crippen LogP contribution in [0.3, 0.4) is 0 Å². The maximum Gasteiger partial charge on any atom is 0.249 e. The number of halogens is 2. The fraction of sp³-hybridized carbons (Fsp3) is 0.714. The molecule has 3 nitrogen and oxygen atoms in total. The van der Waals surface area contributed by atoms with Crippen LogP contribution in [0, 0.1) is 11.8 Å². The summed E-state index contributed by atoms with van der Waals surface area (Å²) in [5, 5.41) is 8.68. The van der Waals surface area contributed by atoms with Gasteiger partial charge in [-0.3, -0.25) is 4.90 Å². The minimum Gasteiger partial charge on any atom is -0.274 e. The Labute approximate surface area is 156 Å². The first-order valence-electron chi connectivity index (χ1n) is 9.79. The van der Waals surface area contributed by atoms with Crippen molar-refractivity contribution in [1.82, 2.24) is 4.90 Å². The van der Waals surface area contributed by atoms with Crippen LogP contribution in [0.4, 0.5) is 8.78 Å². The van der Waals surface area contributed by atoms with Gasteiger partial charge in [0, 0.05) is 25.4 Å². The van der Waals surface area contributed by atoms with Crippen molar-refractivity contribution in [2.45, 2.75) is 76.9 Å². The van der Waals surface area contributed by atoms with Gasteiger partial charge in [-0.1, -0.05) is 18.2 Å². The average Bonchev–Trinajstić information content (AvgIpc) is 3.41. The monoisotopic (exact) mass is 365 g/mol. The first-order chi connectivity index (χ1) is 12.4. The van der Waals surface area contributed by atoms with Crippen LogP contribution in [0.2, 0.25) is 0 Å². The van der Waals surface area contributed by atoms with Crippen LogP contribution in [-0.4, -0.2) is 29.6 Å². The third kappa shape index (κ3) is 6.42. The van der Waals surface area contributed by atoms with Crippen LogP contribution in [0.15, 0.2) is 47.3 Å². The Hall–Kier alpha value is -1.36. The van der Waals surface area contributed by atoms with Crippen LogP contribution < -0.4 is 0 Å². The quantitative estimate of drug-likeness (QED) is 0.252. The largest absolute Gasteiger partial charge is 0.274 e. The van der Waals surface area contributed by atoms with Crippen molar-refractivity contribution in [3.05, 3.63) is 37.1 Å². The molecule has 2 fully saturated rings. The number of hydrogen-bond donors (Lipinski definition) is 0. The summed E-state index contributed by atoms with van der Waals surface area (Å²) in [7, 11) is 0. The highest BCUT2D eigenvalue weighted by Crippen LogP contribution is 2.49. The van der Waals surface area contributed by atoms with E-state index >= 15 is 0 Å². The molecular formula is C21H33F2N3. The predicted octanol–water partition coefficient (Wildman–Crippen LogP) is 6.36. The molecule has 0 aromatic heterocycles. The molecule has 3 atom stereocenters. The Balaban J connectivity index is 2.04. The lowest BCUT2D eigenvalue weighted by atomic mass is 9.79. The van der Waals surface area contributed by atoms with Gasteiger partial charge in [0.2, 0.25) is 5.92 Å². The second-order valence-corrected chi connectivity index (χ2v) is 7.80. The highest BCUT2D eigenvalue weighted by molar-refractivity contribution is 4.98. The summed E-state index contributed by atoms with van der Waals surface area (Å²) in [5.41, 5.74) is 0.849. The summed E-state index contributed by atoms with van der Waals surface area (Å²) in [6.45, 7) is 11.9. The van der Waals surface area contributed by atoms with Crippen molar-refractivity contribution in [2.75, 3.05) is 6.54 Å². The lowest BCUT2D eigenvalue weighted by Crippen LogP contribution is -2.48. The molecule has 0 spiro atoms. The zero-order chi connectivity index (χ0) is 19.2. The van der Waals surface area contributed by atoms with Gasteiger partial charge in [0.25, 0.3) is 0 Å². The summed E-state index contributed by atoms with van der Waals surface area (Å²) in [6.07, 6.45) is 10.2.